The van der Waals surface area contributed by atoms with Crippen molar-refractivity contribution in [1.82, 2.24) is 15.3 Å². The van der Waals surface area contributed by atoms with Crippen molar-refractivity contribution in [3.05, 3.63) is 35.5 Å². The fourth-order valence-corrected chi connectivity index (χ4v) is 3.47. The van der Waals surface area contributed by atoms with Gasteiger partial charge in [-0.15, -0.1) is 0 Å². The second-order valence-corrected chi connectivity index (χ2v) is 6.73. The quantitative estimate of drug-likeness (QED) is 0.715. The van der Waals surface area contributed by atoms with E-state index in [9.17, 15) is 18.0 Å². The van der Waals surface area contributed by atoms with E-state index >= 15 is 0 Å². The Kier molecular flexibility index (Phi) is 5.01. The van der Waals surface area contributed by atoms with Crippen molar-refractivity contribution >= 4 is 17.7 Å². The zero-order valence-electron chi connectivity index (χ0n) is 15.3. The van der Waals surface area contributed by atoms with Crippen LogP contribution in [0.2, 0.25) is 0 Å². The third-order valence-corrected chi connectivity index (χ3v) is 4.82. The monoisotopic (exact) mass is 408 g/mol. The number of piperazine rings is 1. The molecule has 0 unspecified atom stereocenters. The van der Waals surface area contributed by atoms with Crippen LogP contribution in [0, 0.1) is 0 Å². The van der Waals surface area contributed by atoms with Crippen LogP contribution in [0.4, 0.5) is 29.6 Å². The average Bonchev–Trinajstić information content (AvgIpc) is 2.72. The predicted octanol–water partition coefficient (Wildman–Crippen LogP) is 2.18. The highest BCUT2D eigenvalue weighted by Crippen LogP contribution is 2.45. The number of hydrogen-bond donors (Lipinski definition) is 3. The standard InChI is InChI=1S/C18H19F3N6O2/c19-18(20,21)15-14-11(1-2-24-16(14)26-17(28)29-15)12-7-10(9-22)8-13(25-12)27-5-3-23-4-6-27/h1-2,7-8,15,23H,3-6,9,22H2,(H,24,26,28)/t15-/m1/s1. The number of amides is 1. The molecule has 0 aliphatic carbocycles. The normalized spacial score (nSPS) is 19.4. The summed E-state index contributed by atoms with van der Waals surface area (Å²) in [6.07, 6.45) is -7.10. The largest absolute Gasteiger partial charge is 0.431 e. The number of anilines is 2. The van der Waals surface area contributed by atoms with Crippen molar-refractivity contribution in [1.29, 1.82) is 0 Å². The molecule has 0 saturated carbocycles. The van der Waals surface area contributed by atoms with Gasteiger partial charge < -0.3 is 20.7 Å². The lowest BCUT2D eigenvalue weighted by atomic mass is 9.98. The van der Waals surface area contributed by atoms with Gasteiger partial charge in [-0.1, -0.05) is 0 Å². The minimum absolute atomic E-state index is 0.184. The molecule has 2 aliphatic rings. The average molecular weight is 408 g/mol. The van der Waals surface area contributed by atoms with Crippen molar-refractivity contribution in [2.45, 2.75) is 18.8 Å². The summed E-state index contributed by atoms with van der Waals surface area (Å²) in [5, 5.41) is 5.48. The van der Waals surface area contributed by atoms with Crippen LogP contribution in [0.1, 0.15) is 17.2 Å². The van der Waals surface area contributed by atoms with E-state index in [1.165, 1.54) is 12.3 Å². The molecule has 29 heavy (non-hydrogen) atoms. The number of fused-ring (bicyclic) bond motifs is 1. The lowest BCUT2D eigenvalue weighted by molar-refractivity contribution is -0.206. The Labute approximate surface area is 164 Å². The van der Waals surface area contributed by atoms with Gasteiger partial charge in [0.25, 0.3) is 0 Å². The Hall–Kier alpha value is -2.92. The topological polar surface area (TPSA) is 105 Å². The Balaban J connectivity index is 1.85. The van der Waals surface area contributed by atoms with Gasteiger partial charge in [0.1, 0.15) is 11.6 Å². The van der Waals surface area contributed by atoms with E-state index in [0.717, 1.165) is 31.7 Å². The maximum Gasteiger partial charge on any atom is 0.430 e. The second kappa shape index (κ2) is 7.48. The van der Waals surface area contributed by atoms with Crippen molar-refractivity contribution < 1.29 is 22.7 Å². The van der Waals surface area contributed by atoms with E-state index in [1.54, 1.807) is 6.07 Å². The Morgan fingerprint density at radius 2 is 2.03 bits per heavy atom. The predicted molar refractivity (Wildman–Crippen MR) is 99.3 cm³/mol. The summed E-state index contributed by atoms with van der Waals surface area (Å²) in [6, 6.07) is 4.91. The van der Waals surface area contributed by atoms with E-state index in [-0.39, 0.29) is 23.5 Å². The number of pyridine rings is 2. The number of halogens is 3. The molecule has 1 atom stereocenters. The summed E-state index contributed by atoms with van der Waals surface area (Å²) in [6.45, 7) is 3.21. The number of nitrogens with two attached hydrogens (primary N) is 1. The summed E-state index contributed by atoms with van der Waals surface area (Å²) in [5.41, 5.74) is 6.78. The molecular formula is C18H19F3N6O2. The highest BCUT2D eigenvalue weighted by molar-refractivity contribution is 5.89. The molecule has 11 heteroatoms. The van der Waals surface area contributed by atoms with E-state index < -0.39 is 18.4 Å². The van der Waals surface area contributed by atoms with Gasteiger partial charge in [0, 0.05) is 44.5 Å². The van der Waals surface area contributed by atoms with Crippen molar-refractivity contribution in [3.63, 3.8) is 0 Å². The molecule has 4 rings (SSSR count). The zero-order chi connectivity index (χ0) is 20.6. The zero-order valence-corrected chi connectivity index (χ0v) is 15.3. The molecule has 1 amide bonds. The number of aromatic nitrogens is 2. The summed E-state index contributed by atoms with van der Waals surface area (Å²) < 4.78 is 45.4. The molecule has 154 valence electrons. The van der Waals surface area contributed by atoms with Gasteiger partial charge in [-0.3, -0.25) is 5.32 Å². The molecule has 1 saturated heterocycles. The van der Waals surface area contributed by atoms with Gasteiger partial charge in [0.15, 0.2) is 0 Å². The minimum atomic E-state index is -4.79. The van der Waals surface area contributed by atoms with Gasteiger partial charge in [-0.05, 0) is 23.8 Å². The van der Waals surface area contributed by atoms with Gasteiger partial charge in [0.05, 0.1) is 11.3 Å². The lowest BCUT2D eigenvalue weighted by Crippen LogP contribution is -2.44. The lowest BCUT2D eigenvalue weighted by Gasteiger charge is -2.30. The number of rotatable bonds is 3. The van der Waals surface area contributed by atoms with Crippen LogP contribution in [0.5, 0.6) is 0 Å². The van der Waals surface area contributed by atoms with E-state index in [0.29, 0.717) is 11.5 Å². The van der Waals surface area contributed by atoms with Crippen LogP contribution in [0.15, 0.2) is 24.4 Å². The molecule has 2 aromatic heterocycles. The number of ether oxygens (including phenoxy) is 1. The first-order chi connectivity index (χ1) is 13.9. The summed E-state index contributed by atoms with van der Waals surface area (Å²) in [5.74, 6) is 0.448. The minimum Gasteiger partial charge on any atom is -0.431 e. The van der Waals surface area contributed by atoms with E-state index in [4.69, 9.17) is 5.73 Å². The summed E-state index contributed by atoms with van der Waals surface area (Å²) in [7, 11) is 0. The Morgan fingerprint density at radius 3 is 2.72 bits per heavy atom. The molecule has 4 N–H and O–H groups in total. The van der Waals surface area contributed by atoms with Crippen LogP contribution in [0.25, 0.3) is 11.3 Å². The molecule has 8 nitrogen and oxygen atoms in total. The fourth-order valence-electron chi connectivity index (χ4n) is 3.47. The van der Waals surface area contributed by atoms with Crippen molar-refractivity contribution in [2.24, 2.45) is 5.73 Å². The molecule has 0 radical (unpaired) electrons. The number of cyclic esters (lactones) is 1. The first-order valence-corrected chi connectivity index (χ1v) is 9.07. The molecule has 0 aromatic carbocycles. The Morgan fingerprint density at radius 1 is 1.28 bits per heavy atom. The van der Waals surface area contributed by atoms with Crippen LogP contribution in [0.3, 0.4) is 0 Å². The van der Waals surface area contributed by atoms with Crippen molar-refractivity contribution in [3.8, 4) is 11.3 Å². The number of nitrogens with one attached hydrogen (secondary N) is 2. The molecular weight excluding hydrogens is 389 g/mol. The SMILES string of the molecule is NCc1cc(-c2ccnc3c2[C@H](C(F)(F)F)OC(=O)N3)nc(N2CCNCC2)c1. The molecule has 2 aromatic rings. The Bertz CT molecular complexity index is 930. The number of alkyl halides is 3. The summed E-state index contributed by atoms with van der Waals surface area (Å²) in [4.78, 5) is 22.1. The number of nitrogens with zero attached hydrogens (tertiary/aromatic N) is 3. The van der Waals surface area contributed by atoms with Crippen LogP contribution >= 0.6 is 0 Å². The first kappa shape index (κ1) is 19.4. The van der Waals surface area contributed by atoms with Crippen molar-refractivity contribution in [2.75, 3.05) is 36.4 Å². The maximum atomic E-state index is 13.6. The number of carbonyl (C=O) groups excluding carboxylic acids is 1. The van der Waals surface area contributed by atoms with Crippen LogP contribution in [-0.4, -0.2) is 48.4 Å². The summed E-state index contributed by atoms with van der Waals surface area (Å²) >= 11 is 0. The van der Waals surface area contributed by atoms with Gasteiger partial charge in [-0.25, -0.2) is 14.8 Å². The van der Waals surface area contributed by atoms with E-state index in [1.807, 2.05) is 11.0 Å². The third-order valence-electron chi connectivity index (χ3n) is 4.82. The third kappa shape index (κ3) is 3.83. The van der Waals surface area contributed by atoms with E-state index in [2.05, 4.69) is 25.3 Å². The molecule has 2 aliphatic heterocycles. The van der Waals surface area contributed by atoms with Gasteiger partial charge >= 0.3 is 12.3 Å². The smallest absolute Gasteiger partial charge is 0.430 e. The van der Waals surface area contributed by atoms with Crippen LogP contribution in [-0.2, 0) is 11.3 Å². The highest BCUT2D eigenvalue weighted by atomic mass is 19.4. The fraction of sp³-hybridized carbons (Fsp3) is 0.389. The maximum absolute atomic E-state index is 13.6. The first-order valence-electron chi connectivity index (χ1n) is 9.07. The second-order valence-electron chi connectivity index (χ2n) is 6.73. The highest BCUT2D eigenvalue weighted by Gasteiger charge is 2.49. The van der Waals surface area contributed by atoms with Crippen LogP contribution < -0.4 is 21.3 Å². The molecule has 0 spiro atoms. The van der Waals surface area contributed by atoms with Gasteiger partial charge in [0.2, 0.25) is 6.10 Å². The number of hydrogen-bond acceptors (Lipinski definition) is 7. The molecule has 1 fully saturated rings. The van der Waals surface area contributed by atoms with Gasteiger partial charge in [-0.2, -0.15) is 13.2 Å². The number of carbonyl (C=O) groups is 1. The molecule has 4 heterocycles. The molecule has 0 bridgehead atoms.